The van der Waals surface area contributed by atoms with Crippen molar-refractivity contribution < 1.29 is 22.7 Å². The molecule has 5 rings (SSSR count). The van der Waals surface area contributed by atoms with Crippen molar-refractivity contribution in [1.82, 2.24) is 10.2 Å². The van der Waals surface area contributed by atoms with Gasteiger partial charge in [-0.25, -0.2) is 8.42 Å². The molecule has 9 nitrogen and oxygen atoms in total. The molecule has 0 saturated carbocycles. The molecule has 11 heteroatoms. The lowest BCUT2D eigenvalue weighted by atomic mass is 9.86. The molecule has 1 aliphatic rings. The van der Waals surface area contributed by atoms with Crippen LogP contribution in [0, 0.1) is 6.92 Å². The van der Waals surface area contributed by atoms with Crippen molar-refractivity contribution in [2.75, 3.05) is 23.3 Å². The number of rotatable bonds is 6. The number of nitrogens with zero attached hydrogens (tertiary/aromatic N) is 3. The second-order valence-electron chi connectivity index (χ2n) is 10.5. The third kappa shape index (κ3) is 5.52. The Kier molecular flexibility index (Phi) is 7.28. The lowest BCUT2D eigenvalue weighted by Gasteiger charge is -2.35. The number of amides is 1. The predicted octanol–water partition coefficient (Wildman–Crippen LogP) is 5.41. The van der Waals surface area contributed by atoms with Crippen LogP contribution >= 0.6 is 11.3 Å². The van der Waals surface area contributed by atoms with Gasteiger partial charge in [-0.1, -0.05) is 68.0 Å². The number of aryl methyl sites for hydroxylation is 1. The van der Waals surface area contributed by atoms with Crippen molar-refractivity contribution in [3.63, 3.8) is 0 Å². The van der Waals surface area contributed by atoms with Crippen molar-refractivity contribution >= 4 is 38.1 Å². The lowest BCUT2D eigenvalue weighted by Crippen LogP contribution is -2.49. The summed E-state index contributed by atoms with van der Waals surface area (Å²) in [6.07, 6.45) is -1.12. The van der Waals surface area contributed by atoms with E-state index in [9.17, 15) is 13.2 Å². The summed E-state index contributed by atoms with van der Waals surface area (Å²) in [6, 6.07) is 19.4. The first-order valence-corrected chi connectivity index (χ1v) is 14.9. The van der Waals surface area contributed by atoms with E-state index in [0.29, 0.717) is 27.3 Å². The van der Waals surface area contributed by atoms with E-state index in [4.69, 9.17) is 9.47 Å². The first kappa shape index (κ1) is 27.6. The predicted molar refractivity (Wildman–Crippen MR) is 156 cm³/mol. The molecule has 0 unspecified atom stereocenters. The van der Waals surface area contributed by atoms with Gasteiger partial charge in [0.25, 0.3) is 15.9 Å². The van der Waals surface area contributed by atoms with Gasteiger partial charge in [0.2, 0.25) is 5.13 Å². The molecule has 1 N–H and O–H groups in total. The van der Waals surface area contributed by atoms with Gasteiger partial charge in [-0.3, -0.25) is 14.4 Å². The summed E-state index contributed by atoms with van der Waals surface area (Å²) in [7, 11) is -2.53. The molecule has 0 radical (unpaired) electrons. The molecule has 1 aromatic heterocycles. The highest BCUT2D eigenvalue weighted by Crippen LogP contribution is 2.40. The van der Waals surface area contributed by atoms with E-state index >= 15 is 0 Å². The van der Waals surface area contributed by atoms with E-state index in [0.717, 1.165) is 16.7 Å². The zero-order chi connectivity index (χ0) is 28.7. The molecule has 1 atom stereocenters. The zero-order valence-electron chi connectivity index (χ0n) is 22.8. The Balaban J connectivity index is 1.46. The SMILES string of the molecule is COc1ccc(S(=O)(=O)N2C[C@H](C(=O)Nc3nnc(-c4ccc(C)cc4)s3)Oc3ccc(C(C)(C)C)cc32)cc1. The topological polar surface area (TPSA) is 111 Å². The number of aromatic nitrogens is 2. The van der Waals surface area contributed by atoms with Crippen molar-refractivity contribution in [1.29, 1.82) is 0 Å². The first-order chi connectivity index (χ1) is 19.0. The lowest BCUT2D eigenvalue weighted by molar-refractivity contribution is -0.122. The molecule has 3 aromatic carbocycles. The second-order valence-corrected chi connectivity index (χ2v) is 13.4. The smallest absolute Gasteiger partial charge is 0.269 e. The van der Waals surface area contributed by atoms with Gasteiger partial charge in [-0.15, -0.1) is 10.2 Å². The van der Waals surface area contributed by atoms with Crippen molar-refractivity contribution in [3.8, 4) is 22.1 Å². The maximum atomic E-state index is 13.9. The van der Waals surface area contributed by atoms with Crippen LogP contribution in [0.15, 0.2) is 71.6 Å². The number of ether oxygens (including phenoxy) is 2. The van der Waals surface area contributed by atoms with Crippen molar-refractivity contribution in [3.05, 3.63) is 77.9 Å². The highest BCUT2D eigenvalue weighted by atomic mass is 32.2. The van der Waals surface area contributed by atoms with Gasteiger partial charge < -0.3 is 9.47 Å². The quantitative estimate of drug-likeness (QED) is 0.326. The summed E-state index contributed by atoms with van der Waals surface area (Å²) >= 11 is 1.23. The number of carbonyl (C=O) groups excluding carboxylic acids is 1. The van der Waals surface area contributed by atoms with E-state index in [1.165, 1.54) is 34.9 Å². The second kappa shape index (κ2) is 10.5. The highest BCUT2D eigenvalue weighted by Gasteiger charge is 2.38. The molecule has 0 aliphatic carbocycles. The monoisotopic (exact) mass is 578 g/mol. The Morgan fingerprint density at radius 2 is 1.75 bits per heavy atom. The van der Waals surface area contributed by atoms with Gasteiger partial charge in [-0.2, -0.15) is 0 Å². The summed E-state index contributed by atoms with van der Waals surface area (Å²) < 4.78 is 40.3. The Hall–Kier alpha value is -3.96. The largest absolute Gasteiger partial charge is 0.497 e. The molecule has 1 amide bonds. The minimum Gasteiger partial charge on any atom is -0.497 e. The van der Waals surface area contributed by atoms with Crippen LogP contribution in [-0.2, 0) is 20.2 Å². The van der Waals surface area contributed by atoms with Gasteiger partial charge in [0, 0.05) is 5.56 Å². The number of carbonyl (C=O) groups is 1. The van der Waals surface area contributed by atoms with E-state index < -0.39 is 22.0 Å². The van der Waals surface area contributed by atoms with Crippen LogP contribution in [0.1, 0.15) is 31.9 Å². The van der Waals surface area contributed by atoms with Crippen molar-refractivity contribution in [2.45, 2.75) is 44.1 Å². The van der Waals surface area contributed by atoms with Crippen LogP contribution < -0.4 is 19.1 Å². The Bertz CT molecular complexity index is 1640. The molecule has 0 bridgehead atoms. The van der Waals surface area contributed by atoms with E-state index in [-0.39, 0.29) is 16.9 Å². The number of sulfonamides is 1. The van der Waals surface area contributed by atoms with Crippen LogP contribution in [0.2, 0.25) is 0 Å². The average Bonchev–Trinajstić information content (AvgIpc) is 3.40. The van der Waals surface area contributed by atoms with E-state index in [2.05, 4.69) is 15.5 Å². The van der Waals surface area contributed by atoms with Gasteiger partial charge in [-0.05, 0) is 54.3 Å². The number of nitrogens with one attached hydrogen (secondary N) is 1. The molecular weight excluding hydrogens is 548 g/mol. The number of fused-ring (bicyclic) bond motifs is 1. The van der Waals surface area contributed by atoms with Crippen LogP contribution in [0.5, 0.6) is 11.5 Å². The first-order valence-electron chi connectivity index (χ1n) is 12.6. The number of benzene rings is 3. The van der Waals surface area contributed by atoms with Gasteiger partial charge >= 0.3 is 0 Å². The fourth-order valence-electron chi connectivity index (χ4n) is 4.23. The summed E-state index contributed by atoms with van der Waals surface area (Å²) in [5, 5.41) is 12.0. The minimum atomic E-state index is -4.05. The molecule has 1 aliphatic heterocycles. The number of methoxy groups -OCH3 is 1. The third-order valence-corrected chi connectivity index (χ3v) is 9.27. The molecule has 0 saturated heterocycles. The minimum absolute atomic E-state index is 0.0772. The average molecular weight is 579 g/mol. The van der Waals surface area contributed by atoms with E-state index in [1.54, 1.807) is 18.2 Å². The van der Waals surface area contributed by atoms with Gasteiger partial charge in [0.1, 0.15) is 16.5 Å². The molecule has 2 heterocycles. The number of hydrogen-bond donors (Lipinski definition) is 1. The summed E-state index contributed by atoms with van der Waals surface area (Å²) in [5.74, 6) is 0.317. The standard InChI is InChI=1S/C29H30N4O5S2/c1-18-6-8-19(9-7-18)27-31-32-28(39-27)30-26(34)25-17-33(40(35,36)22-13-11-21(37-5)12-14-22)23-16-20(29(2,3)4)10-15-24(23)38-25/h6-16,25H,17H2,1-5H3,(H,30,32,34)/t25-/m1/s1. The van der Waals surface area contributed by atoms with Crippen LogP contribution in [0.4, 0.5) is 10.8 Å². The summed E-state index contributed by atoms with van der Waals surface area (Å²) in [5.41, 5.74) is 3.10. The normalized spacial score (nSPS) is 15.2. The van der Waals surface area contributed by atoms with E-state index in [1.807, 2.05) is 64.1 Å². The van der Waals surface area contributed by atoms with Gasteiger partial charge in [0.05, 0.1) is 24.2 Å². The Morgan fingerprint density at radius 3 is 2.40 bits per heavy atom. The zero-order valence-corrected chi connectivity index (χ0v) is 24.5. The van der Waals surface area contributed by atoms with Crippen LogP contribution in [0.25, 0.3) is 10.6 Å². The van der Waals surface area contributed by atoms with Crippen LogP contribution in [0.3, 0.4) is 0 Å². The molecular formula is C29H30N4O5S2. The Labute approximate surface area is 237 Å². The molecule has 208 valence electrons. The highest BCUT2D eigenvalue weighted by molar-refractivity contribution is 7.92. The summed E-state index contributed by atoms with van der Waals surface area (Å²) in [6.45, 7) is 7.92. The summed E-state index contributed by atoms with van der Waals surface area (Å²) in [4.78, 5) is 13.4. The molecule has 40 heavy (non-hydrogen) atoms. The molecule has 0 fully saturated rings. The third-order valence-electron chi connectivity index (χ3n) is 6.59. The Morgan fingerprint density at radius 1 is 1.05 bits per heavy atom. The molecule has 4 aromatic rings. The van der Waals surface area contributed by atoms with Crippen LogP contribution in [-0.4, -0.2) is 44.3 Å². The molecule has 0 spiro atoms. The maximum Gasteiger partial charge on any atom is 0.269 e. The fourth-order valence-corrected chi connectivity index (χ4v) is 6.45. The maximum absolute atomic E-state index is 13.9. The number of anilines is 2. The van der Waals surface area contributed by atoms with Gasteiger partial charge in [0.15, 0.2) is 6.10 Å². The van der Waals surface area contributed by atoms with Crippen molar-refractivity contribution in [2.24, 2.45) is 0 Å². The fraction of sp³-hybridized carbons (Fsp3) is 0.276. The number of hydrogen-bond acceptors (Lipinski definition) is 8.